The Balaban J connectivity index is 1.76. The summed E-state index contributed by atoms with van der Waals surface area (Å²) >= 11 is 0. The summed E-state index contributed by atoms with van der Waals surface area (Å²) in [6.07, 6.45) is 0.888. The first-order valence-electron chi connectivity index (χ1n) is 8.23. The first-order chi connectivity index (χ1) is 11.6. The predicted molar refractivity (Wildman–Crippen MR) is 90.1 cm³/mol. The molecule has 6 nitrogen and oxygen atoms in total. The maximum absolute atomic E-state index is 11.5. The van der Waals surface area contributed by atoms with Gasteiger partial charge in [-0.1, -0.05) is 6.07 Å². The van der Waals surface area contributed by atoms with Crippen molar-refractivity contribution in [3.8, 4) is 11.5 Å². The maximum atomic E-state index is 11.5. The molecule has 0 fully saturated rings. The first kappa shape index (κ1) is 16.4. The highest BCUT2D eigenvalue weighted by molar-refractivity contribution is 5.49. The average molecular weight is 329 g/mol. The number of aromatic nitrogens is 2. The fourth-order valence-corrected chi connectivity index (χ4v) is 3.02. The van der Waals surface area contributed by atoms with Crippen LogP contribution in [0, 0.1) is 13.8 Å². The van der Waals surface area contributed by atoms with Crippen LogP contribution in [0.5, 0.6) is 11.5 Å². The SMILES string of the molecule is CCn1nc(C)c(CN(C=O)Cc2ccc3c(c2)OCCO3)c1C. The van der Waals surface area contributed by atoms with Gasteiger partial charge >= 0.3 is 0 Å². The zero-order chi connectivity index (χ0) is 17.1. The molecule has 2 aromatic rings. The molecule has 0 spiro atoms. The lowest BCUT2D eigenvalue weighted by molar-refractivity contribution is -0.119. The molecule has 6 heteroatoms. The second-order valence-corrected chi connectivity index (χ2v) is 5.95. The summed E-state index contributed by atoms with van der Waals surface area (Å²) in [6.45, 7) is 9.14. The highest BCUT2D eigenvalue weighted by Gasteiger charge is 2.16. The molecule has 0 radical (unpaired) electrons. The smallest absolute Gasteiger partial charge is 0.210 e. The van der Waals surface area contributed by atoms with Gasteiger partial charge in [0.15, 0.2) is 11.5 Å². The van der Waals surface area contributed by atoms with Gasteiger partial charge in [0.05, 0.1) is 5.69 Å². The number of rotatable bonds is 6. The first-order valence-corrected chi connectivity index (χ1v) is 8.23. The van der Waals surface area contributed by atoms with Crippen LogP contribution in [0.4, 0.5) is 0 Å². The minimum absolute atomic E-state index is 0.524. The van der Waals surface area contributed by atoms with Gasteiger partial charge < -0.3 is 14.4 Å². The van der Waals surface area contributed by atoms with Crippen LogP contribution in [0.25, 0.3) is 0 Å². The van der Waals surface area contributed by atoms with Crippen LogP contribution < -0.4 is 9.47 Å². The number of aryl methyl sites for hydroxylation is 2. The standard InChI is InChI=1S/C18H23N3O3/c1-4-21-14(3)16(13(2)19-21)11-20(12-22)10-15-5-6-17-18(9-15)24-8-7-23-17/h5-6,9,12H,4,7-8,10-11H2,1-3H3. The molecule has 24 heavy (non-hydrogen) atoms. The van der Waals surface area contributed by atoms with Gasteiger partial charge in [-0.3, -0.25) is 9.48 Å². The zero-order valence-electron chi connectivity index (χ0n) is 14.4. The summed E-state index contributed by atoms with van der Waals surface area (Å²) in [6, 6.07) is 5.82. The Morgan fingerprint density at radius 3 is 2.62 bits per heavy atom. The Bertz CT molecular complexity index is 739. The van der Waals surface area contributed by atoms with Crippen molar-refractivity contribution >= 4 is 6.41 Å². The van der Waals surface area contributed by atoms with Crippen molar-refractivity contribution in [2.75, 3.05) is 13.2 Å². The molecule has 0 saturated heterocycles. The lowest BCUT2D eigenvalue weighted by Gasteiger charge is -2.21. The van der Waals surface area contributed by atoms with E-state index in [0.717, 1.165) is 47.0 Å². The van der Waals surface area contributed by atoms with Gasteiger partial charge in [-0.05, 0) is 38.5 Å². The lowest BCUT2D eigenvalue weighted by Crippen LogP contribution is -2.22. The molecule has 0 atom stereocenters. The van der Waals surface area contributed by atoms with Gasteiger partial charge in [-0.15, -0.1) is 0 Å². The van der Waals surface area contributed by atoms with Crippen molar-refractivity contribution < 1.29 is 14.3 Å². The highest BCUT2D eigenvalue weighted by Crippen LogP contribution is 2.31. The van der Waals surface area contributed by atoms with Gasteiger partial charge in [0.2, 0.25) is 6.41 Å². The fraction of sp³-hybridized carbons (Fsp3) is 0.444. The van der Waals surface area contributed by atoms with Gasteiger partial charge in [0.1, 0.15) is 13.2 Å². The molecule has 1 amide bonds. The quantitative estimate of drug-likeness (QED) is 0.764. The number of carbonyl (C=O) groups excluding carboxylic acids is 1. The Morgan fingerprint density at radius 1 is 1.21 bits per heavy atom. The van der Waals surface area contributed by atoms with Crippen LogP contribution in [0.15, 0.2) is 18.2 Å². The number of hydrogen-bond acceptors (Lipinski definition) is 4. The van der Waals surface area contributed by atoms with Crippen molar-refractivity contribution in [2.45, 2.75) is 40.4 Å². The van der Waals surface area contributed by atoms with Crippen molar-refractivity contribution in [3.63, 3.8) is 0 Å². The van der Waals surface area contributed by atoms with Crippen molar-refractivity contribution in [1.29, 1.82) is 0 Å². The number of ether oxygens (including phenoxy) is 2. The third kappa shape index (κ3) is 3.22. The van der Waals surface area contributed by atoms with E-state index < -0.39 is 0 Å². The van der Waals surface area contributed by atoms with E-state index in [1.54, 1.807) is 4.90 Å². The van der Waals surface area contributed by atoms with E-state index in [4.69, 9.17) is 9.47 Å². The monoisotopic (exact) mass is 329 g/mol. The Morgan fingerprint density at radius 2 is 1.96 bits per heavy atom. The Labute approximate surface area is 142 Å². The van der Waals surface area contributed by atoms with Gasteiger partial charge in [0.25, 0.3) is 0 Å². The molecule has 1 aromatic heterocycles. The van der Waals surface area contributed by atoms with Crippen LogP contribution in [0.3, 0.4) is 0 Å². The molecule has 0 unspecified atom stereocenters. The third-order valence-corrected chi connectivity index (χ3v) is 4.33. The summed E-state index contributed by atoms with van der Waals surface area (Å²) in [5.74, 6) is 1.51. The molecule has 0 saturated carbocycles. The Hall–Kier alpha value is -2.50. The molecule has 1 aliphatic heterocycles. The van der Waals surface area contributed by atoms with E-state index in [0.29, 0.717) is 26.3 Å². The minimum atomic E-state index is 0.524. The van der Waals surface area contributed by atoms with E-state index in [1.165, 1.54) is 0 Å². The normalized spacial score (nSPS) is 13.0. The van der Waals surface area contributed by atoms with Crippen LogP contribution >= 0.6 is 0 Å². The number of benzene rings is 1. The number of fused-ring (bicyclic) bond motifs is 1. The zero-order valence-corrected chi connectivity index (χ0v) is 14.4. The topological polar surface area (TPSA) is 56.6 Å². The molecule has 0 aliphatic carbocycles. The van der Waals surface area contributed by atoms with Crippen molar-refractivity contribution in [1.82, 2.24) is 14.7 Å². The van der Waals surface area contributed by atoms with Crippen molar-refractivity contribution in [2.24, 2.45) is 0 Å². The van der Waals surface area contributed by atoms with E-state index in [1.807, 2.05) is 36.7 Å². The summed E-state index contributed by atoms with van der Waals surface area (Å²) in [4.78, 5) is 13.3. The molecular weight excluding hydrogens is 306 g/mol. The molecular formula is C18H23N3O3. The average Bonchev–Trinajstić information content (AvgIpc) is 2.88. The third-order valence-electron chi connectivity index (χ3n) is 4.33. The Kier molecular flexibility index (Phi) is 4.74. The second kappa shape index (κ2) is 6.95. The summed E-state index contributed by atoms with van der Waals surface area (Å²) in [5.41, 5.74) is 4.22. The van der Waals surface area contributed by atoms with Crippen LogP contribution in [-0.4, -0.2) is 34.3 Å². The number of amides is 1. The minimum Gasteiger partial charge on any atom is -0.486 e. The molecule has 3 rings (SSSR count). The van der Waals surface area contributed by atoms with Crippen molar-refractivity contribution in [3.05, 3.63) is 40.7 Å². The highest BCUT2D eigenvalue weighted by atomic mass is 16.6. The molecule has 1 aliphatic rings. The molecule has 2 heterocycles. The summed E-state index contributed by atoms with van der Waals surface area (Å²) < 4.78 is 13.1. The number of carbonyl (C=O) groups is 1. The number of nitrogens with zero attached hydrogens (tertiary/aromatic N) is 3. The van der Waals surface area contributed by atoms with Crippen LogP contribution in [0.2, 0.25) is 0 Å². The molecule has 0 N–H and O–H groups in total. The van der Waals surface area contributed by atoms with Gasteiger partial charge in [-0.25, -0.2) is 0 Å². The lowest BCUT2D eigenvalue weighted by atomic mass is 10.1. The molecule has 128 valence electrons. The van der Waals surface area contributed by atoms with Gasteiger partial charge in [-0.2, -0.15) is 5.10 Å². The molecule has 1 aromatic carbocycles. The predicted octanol–water partition coefficient (Wildman–Crippen LogP) is 2.45. The summed E-state index contributed by atoms with van der Waals surface area (Å²) in [7, 11) is 0. The van der Waals surface area contributed by atoms with Gasteiger partial charge in [0, 0.05) is 30.9 Å². The van der Waals surface area contributed by atoms with E-state index in [-0.39, 0.29) is 0 Å². The fourth-order valence-electron chi connectivity index (χ4n) is 3.02. The van der Waals surface area contributed by atoms with E-state index >= 15 is 0 Å². The second-order valence-electron chi connectivity index (χ2n) is 5.95. The van der Waals surface area contributed by atoms with Crippen LogP contribution in [-0.2, 0) is 24.4 Å². The van der Waals surface area contributed by atoms with E-state index in [2.05, 4.69) is 12.0 Å². The van der Waals surface area contributed by atoms with Crippen LogP contribution in [0.1, 0.15) is 29.4 Å². The maximum Gasteiger partial charge on any atom is 0.210 e. The van der Waals surface area contributed by atoms with E-state index in [9.17, 15) is 4.79 Å². The largest absolute Gasteiger partial charge is 0.486 e. The molecule has 0 bridgehead atoms. The summed E-state index contributed by atoms with van der Waals surface area (Å²) in [5, 5.41) is 4.52. The number of hydrogen-bond donors (Lipinski definition) is 0.